The van der Waals surface area contributed by atoms with Crippen molar-refractivity contribution in [1.82, 2.24) is 0 Å². The normalized spacial score (nSPS) is 19.3. The van der Waals surface area contributed by atoms with Gasteiger partial charge >= 0.3 is 6.36 Å². The maximum Gasteiger partial charge on any atom is 0.573 e. The Labute approximate surface area is 112 Å². The Morgan fingerprint density at radius 1 is 1.40 bits per heavy atom. The van der Waals surface area contributed by atoms with Gasteiger partial charge in [0.25, 0.3) is 0 Å². The molecule has 0 aromatic heterocycles. The first-order chi connectivity index (χ1) is 9.30. The predicted octanol–water partition coefficient (Wildman–Crippen LogP) is 3.26. The average Bonchev–Trinajstić information content (AvgIpc) is 2.72. The minimum atomic E-state index is -4.96. The Bertz CT molecular complexity index is 542. The van der Waals surface area contributed by atoms with Gasteiger partial charge in [-0.25, -0.2) is 4.39 Å². The molecule has 108 valence electrons. The van der Waals surface area contributed by atoms with Crippen molar-refractivity contribution < 1.29 is 27.1 Å². The summed E-state index contributed by atoms with van der Waals surface area (Å²) in [6.07, 6.45) is -3.08. The maximum atomic E-state index is 13.6. The summed E-state index contributed by atoms with van der Waals surface area (Å²) in [5.74, 6) is -2.36. The van der Waals surface area contributed by atoms with E-state index in [0.717, 1.165) is 12.1 Å². The van der Waals surface area contributed by atoms with Crippen LogP contribution in [0.25, 0.3) is 0 Å². The fraction of sp³-hybridized carbons (Fsp3) is 0.308. The summed E-state index contributed by atoms with van der Waals surface area (Å²) in [7, 11) is 0. The second-order valence-electron chi connectivity index (χ2n) is 4.37. The number of benzene rings is 1. The molecule has 1 amide bonds. The molecule has 1 aliphatic rings. The van der Waals surface area contributed by atoms with Crippen molar-refractivity contribution >= 4 is 11.6 Å². The molecule has 0 spiro atoms. The summed E-state index contributed by atoms with van der Waals surface area (Å²) in [6.45, 7) is 3.91. The number of hydrogen-bond acceptors (Lipinski definition) is 2. The third-order valence-corrected chi connectivity index (χ3v) is 2.94. The van der Waals surface area contributed by atoms with Crippen LogP contribution in [0.5, 0.6) is 5.75 Å². The van der Waals surface area contributed by atoms with Crippen LogP contribution in [0.3, 0.4) is 0 Å². The molecule has 0 N–H and O–H groups in total. The van der Waals surface area contributed by atoms with E-state index in [2.05, 4.69) is 11.3 Å². The van der Waals surface area contributed by atoms with E-state index >= 15 is 0 Å². The highest BCUT2D eigenvalue weighted by Crippen LogP contribution is 2.31. The second kappa shape index (κ2) is 5.15. The third kappa shape index (κ3) is 3.09. The lowest BCUT2D eigenvalue weighted by atomic mass is 10.1. The monoisotopic (exact) mass is 289 g/mol. The Morgan fingerprint density at radius 2 is 2.10 bits per heavy atom. The highest BCUT2D eigenvalue weighted by Gasteiger charge is 2.33. The first-order valence-corrected chi connectivity index (χ1v) is 5.78. The summed E-state index contributed by atoms with van der Waals surface area (Å²) in [6, 6.07) is 2.92. The smallest absolute Gasteiger partial charge is 0.403 e. The second-order valence-corrected chi connectivity index (χ2v) is 4.37. The summed E-state index contributed by atoms with van der Waals surface area (Å²) in [5, 5.41) is 0. The summed E-state index contributed by atoms with van der Waals surface area (Å²) >= 11 is 0. The van der Waals surface area contributed by atoms with Crippen LogP contribution in [-0.4, -0.2) is 18.8 Å². The highest BCUT2D eigenvalue weighted by molar-refractivity contribution is 5.96. The number of amides is 1. The van der Waals surface area contributed by atoms with Crippen LogP contribution in [0.2, 0.25) is 0 Å². The van der Waals surface area contributed by atoms with Gasteiger partial charge in [-0.15, -0.1) is 19.8 Å². The molecule has 20 heavy (non-hydrogen) atoms. The van der Waals surface area contributed by atoms with E-state index in [1.165, 1.54) is 11.0 Å². The van der Waals surface area contributed by atoms with Crippen molar-refractivity contribution in [2.75, 3.05) is 11.4 Å². The molecule has 0 aliphatic carbocycles. The molecule has 1 heterocycles. The Morgan fingerprint density at radius 3 is 2.60 bits per heavy atom. The molecule has 2 rings (SSSR count). The van der Waals surface area contributed by atoms with Gasteiger partial charge in [-0.2, -0.15) is 0 Å². The van der Waals surface area contributed by atoms with E-state index in [1.807, 2.05) is 0 Å². The van der Waals surface area contributed by atoms with Crippen LogP contribution in [0, 0.1) is 11.7 Å². The van der Waals surface area contributed by atoms with Crippen LogP contribution >= 0.6 is 0 Å². The van der Waals surface area contributed by atoms with Crippen molar-refractivity contribution in [2.45, 2.75) is 12.8 Å². The SMILES string of the molecule is C=CC1CC(=O)N(c2ccc(OC(F)(F)F)c(F)c2)C1. The molecule has 1 aromatic rings. The highest BCUT2D eigenvalue weighted by atomic mass is 19.4. The number of carbonyl (C=O) groups excluding carboxylic acids is 1. The molecule has 1 aliphatic heterocycles. The molecular weight excluding hydrogens is 278 g/mol. The van der Waals surface area contributed by atoms with Gasteiger partial charge in [0.05, 0.1) is 0 Å². The molecule has 3 nitrogen and oxygen atoms in total. The number of halogens is 4. The Kier molecular flexibility index (Phi) is 3.69. The molecule has 0 saturated carbocycles. The summed E-state index contributed by atoms with van der Waals surface area (Å²) in [4.78, 5) is 13.0. The lowest BCUT2D eigenvalue weighted by molar-refractivity contribution is -0.275. The zero-order valence-electron chi connectivity index (χ0n) is 10.3. The molecule has 1 aromatic carbocycles. The molecule has 7 heteroatoms. The fourth-order valence-electron chi connectivity index (χ4n) is 2.01. The molecule has 1 saturated heterocycles. The number of carbonyl (C=O) groups is 1. The van der Waals surface area contributed by atoms with Crippen LogP contribution in [-0.2, 0) is 4.79 Å². The van der Waals surface area contributed by atoms with E-state index in [1.54, 1.807) is 6.08 Å². The van der Waals surface area contributed by atoms with E-state index in [-0.39, 0.29) is 23.9 Å². The van der Waals surface area contributed by atoms with E-state index < -0.39 is 17.9 Å². The van der Waals surface area contributed by atoms with E-state index in [9.17, 15) is 22.4 Å². The van der Waals surface area contributed by atoms with Gasteiger partial charge in [-0.1, -0.05) is 6.08 Å². The van der Waals surface area contributed by atoms with Gasteiger partial charge in [-0.05, 0) is 12.1 Å². The number of anilines is 1. The van der Waals surface area contributed by atoms with Crippen LogP contribution < -0.4 is 9.64 Å². The largest absolute Gasteiger partial charge is 0.573 e. The molecule has 1 unspecified atom stereocenters. The van der Waals surface area contributed by atoms with Crippen molar-refractivity contribution in [1.29, 1.82) is 0 Å². The van der Waals surface area contributed by atoms with E-state index in [4.69, 9.17) is 0 Å². The predicted molar refractivity (Wildman–Crippen MR) is 63.7 cm³/mol. The Hall–Kier alpha value is -2.05. The van der Waals surface area contributed by atoms with Gasteiger partial charge in [0, 0.05) is 30.6 Å². The summed E-state index contributed by atoms with van der Waals surface area (Å²) < 4.78 is 53.1. The number of nitrogens with zero attached hydrogens (tertiary/aromatic N) is 1. The van der Waals surface area contributed by atoms with Gasteiger partial charge in [0.2, 0.25) is 5.91 Å². The average molecular weight is 289 g/mol. The molecular formula is C13H11F4NO2. The first kappa shape index (κ1) is 14.4. The first-order valence-electron chi connectivity index (χ1n) is 5.78. The van der Waals surface area contributed by atoms with Gasteiger partial charge in [0.15, 0.2) is 11.6 Å². The molecule has 1 atom stereocenters. The third-order valence-electron chi connectivity index (χ3n) is 2.94. The van der Waals surface area contributed by atoms with Crippen molar-refractivity contribution in [3.63, 3.8) is 0 Å². The van der Waals surface area contributed by atoms with Crippen molar-refractivity contribution in [3.8, 4) is 5.75 Å². The standard InChI is InChI=1S/C13H11F4NO2/c1-2-8-5-12(19)18(7-8)9-3-4-11(10(14)6-9)20-13(15,16)17/h2-4,6,8H,1,5,7H2. The molecule has 1 fully saturated rings. The van der Waals surface area contributed by atoms with Gasteiger partial charge in [-0.3, -0.25) is 4.79 Å². The number of rotatable bonds is 3. The number of ether oxygens (including phenoxy) is 1. The maximum absolute atomic E-state index is 13.6. The minimum Gasteiger partial charge on any atom is -0.403 e. The van der Waals surface area contributed by atoms with Crippen LogP contribution in [0.1, 0.15) is 6.42 Å². The Balaban J connectivity index is 2.21. The van der Waals surface area contributed by atoms with Crippen molar-refractivity contribution in [2.24, 2.45) is 5.92 Å². The van der Waals surface area contributed by atoms with E-state index in [0.29, 0.717) is 6.54 Å². The fourth-order valence-corrected chi connectivity index (χ4v) is 2.01. The molecule has 0 bridgehead atoms. The zero-order valence-corrected chi connectivity index (χ0v) is 10.3. The molecule has 0 radical (unpaired) electrons. The van der Waals surface area contributed by atoms with Gasteiger partial charge < -0.3 is 9.64 Å². The van der Waals surface area contributed by atoms with Crippen LogP contribution in [0.15, 0.2) is 30.9 Å². The topological polar surface area (TPSA) is 29.5 Å². The minimum absolute atomic E-state index is 0.0448. The quantitative estimate of drug-likeness (QED) is 0.631. The number of alkyl halides is 3. The van der Waals surface area contributed by atoms with Gasteiger partial charge in [0.1, 0.15) is 0 Å². The number of hydrogen-bond donors (Lipinski definition) is 0. The van der Waals surface area contributed by atoms with Crippen molar-refractivity contribution in [3.05, 3.63) is 36.7 Å². The van der Waals surface area contributed by atoms with Crippen LogP contribution in [0.4, 0.5) is 23.2 Å². The summed E-state index contributed by atoms with van der Waals surface area (Å²) in [5.41, 5.74) is 0.200. The zero-order chi connectivity index (χ0) is 14.9. The lowest BCUT2D eigenvalue weighted by Gasteiger charge is -2.17. The lowest BCUT2D eigenvalue weighted by Crippen LogP contribution is -2.24.